The molecule has 7 nitrogen and oxygen atoms in total. The first-order valence-corrected chi connectivity index (χ1v) is 19.7. The molecule has 5 heterocycles. The van der Waals surface area contributed by atoms with Gasteiger partial charge in [-0.3, -0.25) is 4.57 Å². The summed E-state index contributed by atoms with van der Waals surface area (Å²) in [5.41, 5.74) is 10.4. The third kappa shape index (κ3) is 4.81. The molecule has 8 heteroatoms. The van der Waals surface area contributed by atoms with Crippen LogP contribution in [0.25, 0.3) is 109 Å². The molecule has 0 aliphatic heterocycles. The standard InChI is InChI=1S/C49H29N7S/c1-4-14-30(15-5-1)31-24-26-33(27-25-31)48-52-47(32-16-6-2-7-17-32)53-49(54-48)56-38-23-13-11-21-36(38)41-44-40(42-43-39(28-50-29-51-43)57-46(42)45(41)56)35-20-10-12-22-37(35)55(44)34-18-8-3-9-19-34/h1-29H. The molecule has 57 heavy (non-hydrogen) atoms. The van der Waals surface area contributed by atoms with Crippen molar-refractivity contribution in [2.24, 2.45) is 0 Å². The lowest BCUT2D eigenvalue weighted by molar-refractivity contribution is 0.955. The van der Waals surface area contributed by atoms with Crippen molar-refractivity contribution >= 4 is 75.3 Å². The van der Waals surface area contributed by atoms with Crippen LogP contribution < -0.4 is 0 Å². The fourth-order valence-electron chi connectivity index (χ4n) is 8.48. The summed E-state index contributed by atoms with van der Waals surface area (Å²) in [6, 6.07) is 57.0. The molecular formula is C49H29N7S. The number of aromatic nitrogens is 7. The van der Waals surface area contributed by atoms with Crippen molar-refractivity contribution in [2.45, 2.75) is 0 Å². The minimum atomic E-state index is 0.545. The van der Waals surface area contributed by atoms with Gasteiger partial charge in [0, 0.05) is 49.9 Å². The molecule has 12 aromatic rings. The van der Waals surface area contributed by atoms with E-state index in [9.17, 15) is 0 Å². The Kier molecular flexibility index (Phi) is 6.96. The van der Waals surface area contributed by atoms with Gasteiger partial charge in [0.15, 0.2) is 11.6 Å². The normalized spacial score (nSPS) is 11.9. The summed E-state index contributed by atoms with van der Waals surface area (Å²) in [7, 11) is 0. The molecule has 0 fully saturated rings. The lowest BCUT2D eigenvalue weighted by Gasteiger charge is -2.12. The van der Waals surface area contributed by atoms with E-state index in [1.54, 1.807) is 17.7 Å². The van der Waals surface area contributed by atoms with E-state index in [2.05, 4.69) is 154 Å². The molecule has 0 aliphatic carbocycles. The topological polar surface area (TPSA) is 74.3 Å². The van der Waals surface area contributed by atoms with Crippen molar-refractivity contribution < 1.29 is 0 Å². The highest BCUT2D eigenvalue weighted by molar-refractivity contribution is 7.26. The van der Waals surface area contributed by atoms with Crippen LogP contribution in [0.1, 0.15) is 0 Å². The van der Waals surface area contributed by atoms with Gasteiger partial charge in [0.2, 0.25) is 5.95 Å². The number of hydrogen-bond acceptors (Lipinski definition) is 6. The highest BCUT2D eigenvalue weighted by Gasteiger charge is 2.28. The van der Waals surface area contributed by atoms with E-state index in [-0.39, 0.29) is 0 Å². The quantitative estimate of drug-likeness (QED) is 0.175. The smallest absolute Gasteiger partial charge is 0.238 e. The van der Waals surface area contributed by atoms with Gasteiger partial charge in [-0.1, -0.05) is 140 Å². The molecule has 5 aromatic heterocycles. The summed E-state index contributed by atoms with van der Waals surface area (Å²) in [5, 5.41) is 5.68. The summed E-state index contributed by atoms with van der Waals surface area (Å²) in [6.07, 6.45) is 3.59. The van der Waals surface area contributed by atoms with Crippen LogP contribution in [0, 0.1) is 0 Å². The maximum absolute atomic E-state index is 5.35. The summed E-state index contributed by atoms with van der Waals surface area (Å²) in [4.78, 5) is 25.2. The predicted octanol–water partition coefficient (Wildman–Crippen LogP) is 12.2. The first-order chi connectivity index (χ1) is 28.3. The SMILES string of the molecule is c1ccc(-c2ccc(-c3nc(-c4ccccc4)nc(-n4c5ccccc5c5c4c4sc6cncnc6c4c4c6ccccc6n(-c6ccccc6)c45)n3)cc2)cc1. The molecule has 0 aliphatic rings. The van der Waals surface area contributed by atoms with Crippen LogP contribution in [0.2, 0.25) is 0 Å². The Morgan fingerprint density at radius 1 is 0.439 bits per heavy atom. The Labute approximate surface area is 329 Å². The van der Waals surface area contributed by atoms with Gasteiger partial charge in [0.05, 0.1) is 37.0 Å². The van der Waals surface area contributed by atoms with Crippen LogP contribution in [0.3, 0.4) is 0 Å². The van der Waals surface area contributed by atoms with Crippen LogP contribution >= 0.6 is 11.3 Å². The van der Waals surface area contributed by atoms with Gasteiger partial charge in [-0.25, -0.2) is 15.0 Å². The van der Waals surface area contributed by atoms with Crippen LogP contribution in [-0.4, -0.2) is 34.1 Å². The fraction of sp³-hybridized carbons (Fsp3) is 0. The molecule has 0 N–H and O–H groups in total. The van der Waals surface area contributed by atoms with E-state index >= 15 is 0 Å². The molecule has 0 unspecified atom stereocenters. The molecule has 0 saturated heterocycles. The predicted molar refractivity (Wildman–Crippen MR) is 233 cm³/mol. The van der Waals surface area contributed by atoms with E-state index < -0.39 is 0 Å². The van der Waals surface area contributed by atoms with Crippen LogP contribution in [0.15, 0.2) is 176 Å². The number of fused-ring (bicyclic) bond motifs is 12. The molecule has 0 amide bonds. The molecule has 12 rings (SSSR count). The van der Waals surface area contributed by atoms with Crippen molar-refractivity contribution in [3.63, 3.8) is 0 Å². The van der Waals surface area contributed by atoms with Crippen molar-refractivity contribution in [3.05, 3.63) is 176 Å². The number of nitrogens with zero attached hydrogens (tertiary/aromatic N) is 7. The Hall–Kier alpha value is -7.55. The second-order valence-corrected chi connectivity index (χ2v) is 15.2. The second-order valence-electron chi connectivity index (χ2n) is 14.1. The van der Waals surface area contributed by atoms with E-state index in [4.69, 9.17) is 19.9 Å². The molecule has 0 saturated carbocycles. The third-order valence-corrected chi connectivity index (χ3v) is 12.0. The molecule has 0 radical (unpaired) electrons. The lowest BCUT2D eigenvalue weighted by atomic mass is 10.0. The molecule has 0 spiro atoms. The highest BCUT2D eigenvalue weighted by Crippen LogP contribution is 2.50. The average Bonchev–Trinajstić information content (AvgIpc) is 3.95. The summed E-state index contributed by atoms with van der Waals surface area (Å²) >= 11 is 1.72. The number of hydrogen-bond donors (Lipinski definition) is 0. The first-order valence-electron chi connectivity index (χ1n) is 18.8. The van der Waals surface area contributed by atoms with Gasteiger partial charge < -0.3 is 4.57 Å². The van der Waals surface area contributed by atoms with Crippen LogP contribution in [-0.2, 0) is 0 Å². The minimum absolute atomic E-state index is 0.545. The Balaban J connectivity index is 1.25. The maximum Gasteiger partial charge on any atom is 0.238 e. The van der Waals surface area contributed by atoms with Gasteiger partial charge in [0.1, 0.15) is 6.33 Å². The van der Waals surface area contributed by atoms with Gasteiger partial charge in [-0.05, 0) is 35.4 Å². The average molecular weight is 748 g/mol. The number of para-hydroxylation sites is 3. The van der Waals surface area contributed by atoms with E-state index in [0.29, 0.717) is 17.6 Å². The molecular weight excluding hydrogens is 719 g/mol. The van der Waals surface area contributed by atoms with Gasteiger partial charge in [-0.2, -0.15) is 9.97 Å². The molecule has 0 atom stereocenters. The Morgan fingerprint density at radius 2 is 0.982 bits per heavy atom. The molecule has 0 bridgehead atoms. The number of benzene rings is 7. The van der Waals surface area contributed by atoms with Gasteiger partial charge in [0.25, 0.3) is 0 Å². The van der Waals surface area contributed by atoms with E-state index in [1.807, 2.05) is 30.5 Å². The zero-order valence-corrected chi connectivity index (χ0v) is 31.1. The zero-order valence-electron chi connectivity index (χ0n) is 30.3. The van der Waals surface area contributed by atoms with Crippen molar-refractivity contribution in [1.82, 2.24) is 34.1 Å². The minimum Gasteiger partial charge on any atom is -0.309 e. The van der Waals surface area contributed by atoms with Crippen LogP contribution in [0.4, 0.5) is 0 Å². The van der Waals surface area contributed by atoms with Gasteiger partial charge in [-0.15, -0.1) is 11.3 Å². The third-order valence-electron chi connectivity index (χ3n) is 10.9. The zero-order chi connectivity index (χ0) is 37.5. The first kappa shape index (κ1) is 31.8. The molecule has 7 aromatic carbocycles. The van der Waals surface area contributed by atoms with Crippen molar-refractivity contribution in [1.29, 1.82) is 0 Å². The number of rotatable bonds is 5. The summed E-state index contributed by atoms with van der Waals surface area (Å²) < 4.78 is 6.79. The van der Waals surface area contributed by atoms with Crippen molar-refractivity contribution in [3.8, 4) is 45.5 Å². The van der Waals surface area contributed by atoms with Crippen molar-refractivity contribution in [2.75, 3.05) is 0 Å². The summed E-state index contributed by atoms with van der Waals surface area (Å²) in [6.45, 7) is 0. The van der Waals surface area contributed by atoms with Crippen LogP contribution in [0.5, 0.6) is 0 Å². The maximum atomic E-state index is 5.35. The van der Waals surface area contributed by atoms with E-state index in [0.717, 1.165) is 81.1 Å². The van der Waals surface area contributed by atoms with Gasteiger partial charge >= 0.3 is 0 Å². The molecule has 266 valence electrons. The Bertz CT molecular complexity index is 3500. The lowest BCUT2D eigenvalue weighted by Crippen LogP contribution is -2.06. The highest BCUT2D eigenvalue weighted by atomic mass is 32.1. The largest absolute Gasteiger partial charge is 0.309 e. The Morgan fingerprint density at radius 3 is 1.68 bits per heavy atom. The summed E-state index contributed by atoms with van der Waals surface area (Å²) in [5.74, 6) is 1.75. The fourth-order valence-corrected chi connectivity index (χ4v) is 9.65. The number of thiophene rings is 1. The second kappa shape index (κ2) is 12.5. The van der Waals surface area contributed by atoms with E-state index in [1.165, 1.54) is 10.8 Å². The monoisotopic (exact) mass is 747 g/mol.